The normalized spacial score (nSPS) is 25.1. The average Bonchev–Trinajstić information content (AvgIpc) is 2.93. The number of ether oxygens (including phenoxy) is 1. The molecule has 1 N–H and O–H groups in total. The highest BCUT2D eigenvalue weighted by molar-refractivity contribution is 5.95. The van der Waals surface area contributed by atoms with E-state index in [1.54, 1.807) is 24.5 Å². The fourth-order valence-electron chi connectivity index (χ4n) is 7.59. The van der Waals surface area contributed by atoms with Crippen LogP contribution < -0.4 is 10.1 Å². The standard InChI is InChI=1S/C34H36N2O3/c37-31(20-25-2-1-3-29(19-25)33(38)36-14-10-24-8-12-35-13-9-24)11-15-39-32-6-4-30(5-7-32)34-21-26-16-27(22-34)18-28(17-26)23-34/h1-9,11-13,15,19,26-28H,10,14,16-18,20-23H2,(H,36,38)/b15-11+. The zero-order chi connectivity index (χ0) is 26.7. The molecule has 0 radical (unpaired) electrons. The van der Waals surface area contributed by atoms with Crippen molar-refractivity contribution >= 4 is 11.7 Å². The van der Waals surface area contributed by atoms with E-state index >= 15 is 0 Å². The first-order chi connectivity index (χ1) is 19.0. The lowest BCUT2D eigenvalue weighted by Gasteiger charge is -2.57. The van der Waals surface area contributed by atoms with Crippen molar-refractivity contribution in [3.05, 3.63) is 108 Å². The Labute approximate surface area is 230 Å². The highest BCUT2D eigenvalue weighted by atomic mass is 16.5. The van der Waals surface area contributed by atoms with E-state index in [0.29, 0.717) is 17.5 Å². The number of ketones is 1. The third-order valence-corrected chi connectivity index (χ3v) is 8.98. The maximum atomic E-state index is 12.6. The van der Waals surface area contributed by atoms with Gasteiger partial charge in [-0.3, -0.25) is 14.6 Å². The van der Waals surface area contributed by atoms with Gasteiger partial charge >= 0.3 is 0 Å². The van der Waals surface area contributed by atoms with Crippen molar-refractivity contribution in [2.45, 2.75) is 56.8 Å². The SMILES string of the molecule is O=C(/C=C/Oc1ccc(C23CC4CC(CC(C4)C2)C3)cc1)Cc1cccc(C(=O)NCCc2ccncc2)c1. The Morgan fingerprint density at radius 3 is 2.28 bits per heavy atom. The van der Waals surface area contributed by atoms with E-state index in [0.717, 1.165) is 41.1 Å². The molecular formula is C34H36N2O3. The number of carbonyl (C=O) groups excluding carboxylic acids is 2. The van der Waals surface area contributed by atoms with Gasteiger partial charge in [0.05, 0.1) is 6.26 Å². The Hall–Kier alpha value is -3.73. The van der Waals surface area contributed by atoms with Crippen LogP contribution in [0.25, 0.3) is 0 Å². The molecule has 39 heavy (non-hydrogen) atoms. The number of aromatic nitrogens is 1. The van der Waals surface area contributed by atoms with Gasteiger partial charge in [-0.25, -0.2) is 0 Å². The van der Waals surface area contributed by atoms with Gasteiger partial charge in [0.15, 0.2) is 5.78 Å². The third-order valence-electron chi connectivity index (χ3n) is 8.98. The molecule has 0 aliphatic heterocycles. The number of benzene rings is 2. The topological polar surface area (TPSA) is 68.3 Å². The van der Waals surface area contributed by atoms with Gasteiger partial charge in [0.25, 0.3) is 5.91 Å². The zero-order valence-electron chi connectivity index (χ0n) is 22.4. The minimum absolute atomic E-state index is 0.0737. The molecule has 4 fully saturated rings. The molecule has 4 bridgehead atoms. The van der Waals surface area contributed by atoms with E-state index in [9.17, 15) is 9.59 Å². The van der Waals surface area contributed by atoms with Gasteiger partial charge < -0.3 is 10.1 Å². The summed E-state index contributed by atoms with van der Waals surface area (Å²) in [6, 6.07) is 19.7. The van der Waals surface area contributed by atoms with Gasteiger partial charge in [-0.2, -0.15) is 0 Å². The van der Waals surface area contributed by atoms with E-state index < -0.39 is 0 Å². The van der Waals surface area contributed by atoms with Crippen LogP contribution in [0.4, 0.5) is 0 Å². The second-order valence-corrected chi connectivity index (χ2v) is 11.8. The highest BCUT2D eigenvalue weighted by Crippen LogP contribution is 2.60. The minimum Gasteiger partial charge on any atom is -0.465 e. The molecule has 7 rings (SSSR count). The van der Waals surface area contributed by atoms with Crippen LogP contribution in [-0.4, -0.2) is 23.2 Å². The van der Waals surface area contributed by atoms with Gasteiger partial charge in [0.1, 0.15) is 5.75 Å². The molecule has 1 amide bonds. The van der Waals surface area contributed by atoms with Crippen LogP contribution in [0.3, 0.4) is 0 Å². The lowest BCUT2D eigenvalue weighted by molar-refractivity contribution is -0.114. The van der Waals surface area contributed by atoms with Crippen LogP contribution in [0.1, 0.15) is 65.6 Å². The minimum atomic E-state index is -0.144. The van der Waals surface area contributed by atoms with E-state index in [1.165, 1.54) is 56.4 Å². The van der Waals surface area contributed by atoms with Crippen LogP contribution >= 0.6 is 0 Å². The fourth-order valence-corrected chi connectivity index (χ4v) is 7.59. The Morgan fingerprint density at radius 2 is 1.59 bits per heavy atom. The quantitative estimate of drug-likeness (QED) is 0.254. The predicted molar refractivity (Wildman–Crippen MR) is 151 cm³/mol. The molecule has 0 unspecified atom stereocenters. The second-order valence-electron chi connectivity index (χ2n) is 11.8. The van der Waals surface area contributed by atoms with Crippen molar-refractivity contribution in [2.75, 3.05) is 6.54 Å². The molecule has 2 aromatic carbocycles. The Balaban J connectivity index is 0.988. The molecule has 1 heterocycles. The summed E-state index contributed by atoms with van der Waals surface area (Å²) in [6.07, 6.45) is 15.8. The van der Waals surface area contributed by atoms with Crippen molar-refractivity contribution < 1.29 is 14.3 Å². The van der Waals surface area contributed by atoms with E-state index in [-0.39, 0.29) is 18.1 Å². The maximum Gasteiger partial charge on any atom is 0.251 e. The van der Waals surface area contributed by atoms with Crippen LogP contribution in [0.5, 0.6) is 5.75 Å². The summed E-state index contributed by atoms with van der Waals surface area (Å²) >= 11 is 0. The summed E-state index contributed by atoms with van der Waals surface area (Å²) in [5.41, 5.74) is 4.32. The first-order valence-corrected chi connectivity index (χ1v) is 14.3. The number of hydrogen-bond donors (Lipinski definition) is 1. The summed E-state index contributed by atoms with van der Waals surface area (Å²) in [4.78, 5) is 29.1. The number of hydrogen-bond acceptors (Lipinski definition) is 4. The maximum absolute atomic E-state index is 12.6. The second kappa shape index (κ2) is 11.2. The molecule has 0 saturated heterocycles. The van der Waals surface area contributed by atoms with E-state index in [2.05, 4.69) is 22.4 Å². The molecule has 0 atom stereocenters. The largest absolute Gasteiger partial charge is 0.465 e. The van der Waals surface area contributed by atoms with Gasteiger partial charge in [-0.15, -0.1) is 0 Å². The molecule has 4 aliphatic rings. The summed E-state index contributed by atoms with van der Waals surface area (Å²) in [5.74, 6) is 3.30. The van der Waals surface area contributed by atoms with Crippen molar-refractivity contribution in [2.24, 2.45) is 17.8 Å². The van der Waals surface area contributed by atoms with Crippen LogP contribution in [-0.2, 0) is 23.1 Å². The van der Waals surface area contributed by atoms with Gasteiger partial charge in [-0.1, -0.05) is 24.3 Å². The van der Waals surface area contributed by atoms with Gasteiger partial charge in [0, 0.05) is 37.0 Å². The third kappa shape index (κ3) is 5.98. The Kier molecular flexibility index (Phi) is 7.32. The molecule has 5 heteroatoms. The molecule has 4 aliphatic carbocycles. The monoisotopic (exact) mass is 520 g/mol. The molecule has 3 aromatic rings. The lowest BCUT2D eigenvalue weighted by Crippen LogP contribution is -2.48. The van der Waals surface area contributed by atoms with Crippen molar-refractivity contribution in [1.82, 2.24) is 10.3 Å². The number of carbonyl (C=O) groups is 2. The van der Waals surface area contributed by atoms with Crippen molar-refractivity contribution in [1.29, 1.82) is 0 Å². The summed E-state index contributed by atoms with van der Waals surface area (Å²) < 4.78 is 5.76. The number of nitrogens with one attached hydrogen (secondary N) is 1. The first-order valence-electron chi connectivity index (χ1n) is 14.3. The number of amides is 1. The average molecular weight is 521 g/mol. The number of rotatable bonds is 10. The molecule has 5 nitrogen and oxygen atoms in total. The van der Waals surface area contributed by atoms with Gasteiger partial charge in [-0.05, 0) is 121 Å². The molecule has 4 saturated carbocycles. The zero-order valence-corrected chi connectivity index (χ0v) is 22.4. The van der Waals surface area contributed by atoms with Crippen molar-refractivity contribution in [3.8, 4) is 5.75 Å². The van der Waals surface area contributed by atoms with Crippen LogP contribution in [0, 0.1) is 17.8 Å². The number of pyridine rings is 1. The van der Waals surface area contributed by atoms with Crippen LogP contribution in [0.2, 0.25) is 0 Å². The molecule has 200 valence electrons. The van der Waals surface area contributed by atoms with E-state index in [4.69, 9.17) is 4.74 Å². The molecule has 1 aromatic heterocycles. The summed E-state index contributed by atoms with van der Waals surface area (Å²) in [5, 5.41) is 2.94. The van der Waals surface area contributed by atoms with Crippen molar-refractivity contribution in [3.63, 3.8) is 0 Å². The smallest absolute Gasteiger partial charge is 0.251 e. The first kappa shape index (κ1) is 25.5. The number of nitrogens with zero attached hydrogens (tertiary/aromatic N) is 1. The molecular weight excluding hydrogens is 484 g/mol. The molecule has 0 spiro atoms. The Morgan fingerprint density at radius 1 is 0.897 bits per heavy atom. The van der Waals surface area contributed by atoms with E-state index in [1.807, 2.05) is 36.4 Å². The predicted octanol–water partition coefficient (Wildman–Crippen LogP) is 6.23. The van der Waals surface area contributed by atoms with Gasteiger partial charge in [0.2, 0.25) is 0 Å². The lowest BCUT2D eigenvalue weighted by atomic mass is 9.48. The van der Waals surface area contributed by atoms with Crippen LogP contribution in [0.15, 0.2) is 85.4 Å². The highest BCUT2D eigenvalue weighted by Gasteiger charge is 2.51. The number of allylic oxidation sites excluding steroid dienone is 1. The Bertz CT molecular complexity index is 1310. The fraction of sp³-hybridized carbons (Fsp3) is 0.382. The summed E-state index contributed by atoms with van der Waals surface area (Å²) in [7, 11) is 0. The summed E-state index contributed by atoms with van der Waals surface area (Å²) in [6.45, 7) is 0.537.